The van der Waals surface area contributed by atoms with E-state index in [1.54, 1.807) is 0 Å². The smallest absolute Gasteiger partial charge is 0.164 e. The second-order valence-electron chi connectivity index (χ2n) is 16.3. The van der Waals surface area contributed by atoms with E-state index in [1.165, 1.54) is 60.4 Å². The van der Waals surface area contributed by atoms with Gasteiger partial charge in [-0.3, -0.25) is 0 Å². The lowest BCUT2D eigenvalue weighted by molar-refractivity contribution is 0.436. The van der Waals surface area contributed by atoms with Crippen molar-refractivity contribution < 1.29 is 4.74 Å². The van der Waals surface area contributed by atoms with Gasteiger partial charge in [0.25, 0.3) is 0 Å². The van der Waals surface area contributed by atoms with Crippen LogP contribution in [0, 0.1) is 0 Å². The SMILES string of the molecule is C[Si]1(C)c2c(-c3ccc4c(c3)Oc3ccccc3C43c4ccccc4-c4ccccc43)cccc2-c2cccc(-c3nc(-c4ccccc4)nc(-c4ccccc4)n3)c21. The molecule has 0 unspecified atom stereocenters. The third kappa shape index (κ3) is 4.79. The number of fused-ring (bicyclic) bond motifs is 12. The summed E-state index contributed by atoms with van der Waals surface area (Å²) in [5.41, 5.74) is 15.0. The Kier molecular flexibility index (Phi) is 7.26. The Labute approximate surface area is 344 Å². The number of rotatable bonds is 4. The average Bonchev–Trinajstić information content (AvgIpc) is 3.72. The van der Waals surface area contributed by atoms with Crippen LogP contribution in [0.1, 0.15) is 22.3 Å². The number of benzene rings is 8. The van der Waals surface area contributed by atoms with Crippen LogP contribution < -0.4 is 15.1 Å². The first-order valence-electron chi connectivity index (χ1n) is 20.3. The lowest BCUT2D eigenvalue weighted by Crippen LogP contribution is -2.51. The molecule has 0 fully saturated rings. The molecule has 0 N–H and O–H groups in total. The van der Waals surface area contributed by atoms with Gasteiger partial charge >= 0.3 is 0 Å². The van der Waals surface area contributed by atoms with Crippen LogP contribution in [-0.4, -0.2) is 23.0 Å². The molecule has 1 aliphatic carbocycles. The third-order valence-electron chi connectivity index (χ3n) is 12.8. The molecule has 0 saturated heterocycles. The van der Waals surface area contributed by atoms with E-state index >= 15 is 0 Å². The zero-order valence-electron chi connectivity index (χ0n) is 32.6. The van der Waals surface area contributed by atoms with Crippen molar-refractivity contribution in [3.8, 4) is 79.0 Å². The third-order valence-corrected chi connectivity index (χ3v) is 16.3. The van der Waals surface area contributed by atoms with Crippen LogP contribution in [0.3, 0.4) is 0 Å². The summed E-state index contributed by atoms with van der Waals surface area (Å²) in [6, 6.07) is 67.3. The molecule has 0 saturated carbocycles. The molecule has 1 aromatic heterocycles. The van der Waals surface area contributed by atoms with Gasteiger partial charge in [0.15, 0.2) is 17.5 Å². The zero-order valence-corrected chi connectivity index (χ0v) is 33.6. The van der Waals surface area contributed by atoms with Crippen molar-refractivity contribution in [2.45, 2.75) is 18.5 Å². The van der Waals surface area contributed by atoms with Crippen molar-refractivity contribution in [1.82, 2.24) is 15.0 Å². The summed E-state index contributed by atoms with van der Waals surface area (Å²) < 4.78 is 6.95. The highest BCUT2D eigenvalue weighted by molar-refractivity contribution is 7.05. The molecule has 5 heteroatoms. The molecule has 2 aliphatic heterocycles. The lowest BCUT2D eigenvalue weighted by Gasteiger charge is -2.39. The number of nitrogens with zero attached hydrogens (tertiary/aromatic N) is 3. The Morgan fingerprint density at radius 3 is 1.44 bits per heavy atom. The summed E-state index contributed by atoms with van der Waals surface area (Å²) in [4.78, 5) is 15.4. The largest absolute Gasteiger partial charge is 0.457 e. The molecule has 4 nitrogen and oxygen atoms in total. The van der Waals surface area contributed by atoms with Crippen molar-refractivity contribution in [2.24, 2.45) is 0 Å². The van der Waals surface area contributed by atoms with Crippen LogP contribution in [0.25, 0.3) is 67.5 Å². The van der Waals surface area contributed by atoms with Crippen molar-refractivity contribution in [3.63, 3.8) is 0 Å². The minimum Gasteiger partial charge on any atom is -0.457 e. The van der Waals surface area contributed by atoms with Crippen molar-refractivity contribution >= 4 is 18.4 Å². The van der Waals surface area contributed by atoms with Gasteiger partial charge in [-0.15, -0.1) is 0 Å². The average molecular weight is 772 g/mol. The van der Waals surface area contributed by atoms with E-state index in [9.17, 15) is 0 Å². The molecule has 3 heterocycles. The maximum atomic E-state index is 6.95. The fourth-order valence-electron chi connectivity index (χ4n) is 10.4. The van der Waals surface area contributed by atoms with E-state index in [0.29, 0.717) is 17.5 Å². The van der Waals surface area contributed by atoms with Crippen LogP contribution in [0.4, 0.5) is 0 Å². The van der Waals surface area contributed by atoms with Gasteiger partial charge in [0, 0.05) is 27.8 Å². The Morgan fingerprint density at radius 1 is 0.356 bits per heavy atom. The Bertz CT molecular complexity index is 3070. The number of aromatic nitrogens is 3. The normalized spacial score (nSPS) is 14.3. The Balaban J connectivity index is 1.03. The molecular weight excluding hydrogens is 735 g/mol. The highest BCUT2D eigenvalue weighted by atomic mass is 28.3. The Hall–Kier alpha value is -7.21. The summed E-state index contributed by atoms with van der Waals surface area (Å²) in [6.45, 7) is 4.96. The van der Waals surface area contributed by atoms with Gasteiger partial charge in [-0.2, -0.15) is 0 Å². The van der Waals surface area contributed by atoms with E-state index < -0.39 is 13.5 Å². The summed E-state index contributed by atoms with van der Waals surface area (Å²) in [5, 5.41) is 2.78. The topological polar surface area (TPSA) is 47.9 Å². The van der Waals surface area contributed by atoms with Crippen LogP contribution >= 0.6 is 0 Å². The van der Waals surface area contributed by atoms with Gasteiger partial charge in [-0.1, -0.05) is 189 Å². The molecule has 12 rings (SSSR count). The van der Waals surface area contributed by atoms with Gasteiger partial charge in [-0.05, 0) is 67.0 Å². The van der Waals surface area contributed by atoms with Crippen molar-refractivity contribution in [3.05, 3.63) is 210 Å². The van der Waals surface area contributed by atoms with E-state index in [1.807, 2.05) is 36.4 Å². The summed E-state index contributed by atoms with van der Waals surface area (Å²) in [5.74, 6) is 3.84. The molecule has 278 valence electrons. The molecule has 8 aromatic carbocycles. The second-order valence-corrected chi connectivity index (χ2v) is 20.5. The lowest BCUT2D eigenvalue weighted by atomic mass is 9.66. The summed E-state index contributed by atoms with van der Waals surface area (Å²) in [7, 11) is -2.39. The first-order chi connectivity index (χ1) is 29.0. The molecule has 0 radical (unpaired) electrons. The van der Waals surface area contributed by atoms with Crippen LogP contribution in [0.2, 0.25) is 13.1 Å². The van der Waals surface area contributed by atoms with Gasteiger partial charge in [0.2, 0.25) is 0 Å². The molecule has 3 aliphatic rings. The molecule has 1 spiro atoms. The van der Waals surface area contributed by atoms with E-state index in [0.717, 1.165) is 33.8 Å². The molecule has 0 atom stereocenters. The molecular formula is C54H37N3OSi. The molecule has 0 amide bonds. The van der Waals surface area contributed by atoms with Gasteiger partial charge in [0.1, 0.15) is 19.6 Å². The number of hydrogen-bond acceptors (Lipinski definition) is 4. The van der Waals surface area contributed by atoms with Crippen molar-refractivity contribution in [1.29, 1.82) is 0 Å². The first kappa shape index (κ1) is 33.9. The predicted octanol–water partition coefficient (Wildman–Crippen LogP) is 11.8. The minimum absolute atomic E-state index is 0.491. The number of hydrogen-bond donors (Lipinski definition) is 0. The standard InChI is InChI=1S/C54H37N3OSi/c1-59(2)49-37(36-31-32-46-48(33-36)58-47-30-14-13-29-45(47)54(46)43-27-11-9-21-38(43)39-22-10-12-28-44(39)54)23-15-24-40(49)41-25-16-26-42(50(41)59)53-56-51(34-17-5-3-6-18-34)55-52(57-53)35-19-7-4-8-20-35/h3-33H,1-2H3. The maximum absolute atomic E-state index is 6.95. The van der Waals surface area contributed by atoms with Crippen LogP contribution in [-0.2, 0) is 5.41 Å². The minimum atomic E-state index is -2.39. The van der Waals surface area contributed by atoms with E-state index in [2.05, 4.69) is 165 Å². The van der Waals surface area contributed by atoms with E-state index in [-0.39, 0.29) is 0 Å². The highest BCUT2D eigenvalue weighted by Crippen LogP contribution is 2.62. The molecule has 0 bridgehead atoms. The summed E-state index contributed by atoms with van der Waals surface area (Å²) in [6.07, 6.45) is 0. The monoisotopic (exact) mass is 771 g/mol. The van der Waals surface area contributed by atoms with Gasteiger partial charge in [0.05, 0.1) is 5.41 Å². The van der Waals surface area contributed by atoms with Crippen LogP contribution in [0.15, 0.2) is 188 Å². The van der Waals surface area contributed by atoms with Crippen molar-refractivity contribution in [2.75, 3.05) is 0 Å². The molecule has 59 heavy (non-hydrogen) atoms. The molecule has 9 aromatic rings. The van der Waals surface area contributed by atoms with Gasteiger partial charge < -0.3 is 4.74 Å². The Morgan fingerprint density at radius 2 is 0.814 bits per heavy atom. The maximum Gasteiger partial charge on any atom is 0.164 e. The summed E-state index contributed by atoms with van der Waals surface area (Å²) >= 11 is 0. The first-order valence-corrected chi connectivity index (χ1v) is 23.3. The van der Waals surface area contributed by atoms with E-state index in [4.69, 9.17) is 19.7 Å². The van der Waals surface area contributed by atoms with Gasteiger partial charge in [-0.25, -0.2) is 15.0 Å². The van der Waals surface area contributed by atoms with Crippen LogP contribution in [0.5, 0.6) is 11.5 Å². The quantitative estimate of drug-likeness (QED) is 0.167. The highest BCUT2D eigenvalue weighted by Gasteiger charge is 2.51. The number of para-hydroxylation sites is 1. The zero-order chi connectivity index (χ0) is 39.3. The number of ether oxygens (including phenoxy) is 1. The second kappa shape index (κ2) is 12.6. The predicted molar refractivity (Wildman–Crippen MR) is 241 cm³/mol. The fourth-order valence-corrected chi connectivity index (χ4v) is 14.2. The fraction of sp³-hybridized carbons (Fsp3) is 0.0556.